The average molecular weight is 268 g/mol. The van der Waals surface area contributed by atoms with Gasteiger partial charge in [0, 0.05) is 11.4 Å². The number of aryl methyl sites for hydroxylation is 2. The molecule has 0 aliphatic carbocycles. The van der Waals surface area contributed by atoms with Crippen LogP contribution in [0.1, 0.15) is 17.0 Å². The number of nitrogens with one attached hydrogen (secondary N) is 1. The lowest BCUT2D eigenvalue weighted by Crippen LogP contribution is -2.02. The first-order valence-electron chi connectivity index (χ1n) is 5.91. The third-order valence-corrected chi connectivity index (χ3v) is 2.77. The lowest BCUT2D eigenvalue weighted by atomic mass is 10.2. The minimum Gasteiger partial charge on any atom is -0.350 e. The molecular weight excluding hydrogens is 256 g/mol. The summed E-state index contributed by atoms with van der Waals surface area (Å²) in [6, 6.07) is 10.3. The maximum atomic E-state index is 11.1. The predicted molar refractivity (Wildman–Crippen MR) is 74.8 cm³/mol. The quantitative estimate of drug-likeness (QED) is 0.681. The van der Waals surface area contributed by atoms with Gasteiger partial charge in [0.1, 0.15) is 11.4 Å². The summed E-state index contributed by atoms with van der Waals surface area (Å²) in [7, 11) is 0. The van der Waals surface area contributed by atoms with Gasteiger partial charge in [0.25, 0.3) is 0 Å². The summed E-state index contributed by atoms with van der Waals surface area (Å²) in [6.07, 6.45) is 0. The number of hydrogen-bond acceptors (Lipinski definition) is 5. The Hall–Kier alpha value is -2.94. The minimum atomic E-state index is -0.451. The van der Waals surface area contributed by atoms with Gasteiger partial charge in [-0.25, -0.2) is 0 Å². The van der Waals surface area contributed by atoms with E-state index in [1.807, 2.05) is 6.07 Å². The second-order valence-electron chi connectivity index (χ2n) is 4.32. The van der Waals surface area contributed by atoms with Gasteiger partial charge in [0.2, 0.25) is 0 Å². The van der Waals surface area contributed by atoms with E-state index in [2.05, 4.69) is 10.3 Å². The molecule has 20 heavy (non-hydrogen) atoms. The normalized spacial score (nSPS) is 9.85. The Morgan fingerprint density at radius 3 is 2.50 bits per heavy atom. The summed E-state index contributed by atoms with van der Waals surface area (Å²) in [5.41, 5.74) is 2.63. The number of benzene rings is 1. The third-order valence-electron chi connectivity index (χ3n) is 2.77. The van der Waals surface area contributed by atoms with Crippen LogP contribution in [0.2, 0.25) is 0 Å². The molecule has 0 saturated heterocycles. The van der Waals surface area contributed by atoms with E-state index in [1.54, 1.807) is 44.2 Å². The van der Waals surface area contributed by atoms with E-state index in [0.29, 0.717) is 28.3 Å². The molecular formula is C14H12N4O2. The number of aromatic nitrogens is 1. The predicted octanol–water partition coefficient (Wildman–Crippen LogP) is 3.22. The van der Waals surface area contributed by atoms with E-state index >= 15 is 0 Å². The summed E-state index contributed by atoms with van der Waals surface area (Å²) in [5, 5.41) is 22.9. The SMILES string of the molecule is Cc1cc(Nc2ccc(C#N)cc2)c([N+](=O)[O-])c(C)n1. The van der Waals surface area contributed by atoms with E-state index in [4.69, 9.17) is 5.26 Å². The summed E-state index contributed by atoms with van der Waals surface area (Å²) in [6.45, 7) is 3.38. The van der Waals surface area contributed by atoms with Crippen molar-refractivity contribution in [2.45, 2.75) is 13.8 Å². The van der Waals surface area contributed by atoms with E-state index in [0.717, 1.165) is 0 Å². The molecule has 1 N–H and O–H groups in total. The van der Waals surface area contributed by atoms with Crippen LogP contribution in [-0.4, -0.2) is 9.91 Å². The standard InChI is InChI=1S/C14H12N4O2/c1-9-7-13(14(18(19)20)10(2)16-9)17-12-5-3-11(8-15)4-6-12/h3-7H,1-2H3,(H,16,17). The summed E-state index contributed by atoms with van der Waals surface area (Å²) in [5.74, 6) is 0. The first-order valence-corrected chi connectivity index (χ1v) is 5.91. The molecule has 0 aliphatic heterocycles. The highest BCUT2D eigenvalue weighted by atomic mass is 16.6. The molecule has 100 valence electrons. The lowest BCUT2D eigenvalue weighted by Gasteiger charge is -2.09. The van der Waals surface area contributed by atoms with Crippen LogP contribution >= 0.6 is 0 Å². The van der Waals surface area contributed by atoms with Crippen molar-refractivity contribution in [2.24, 2.45) is 0 Å². The minimum absolute atomic E-state index is 0.0417. The zero-order valence-electron chi connectivity index (χ0n) is 11.0. The second kappa shape index (κ2) is 5.36. The highest BCUT2D eigenvalue weighted by molar-refractivity contribution is 5.71. The van der Waals surface area contributed by atoms with Crippen molar-refractivity contribution in [1.82, 2.24) is 4.98 Å². The zero-order chi connectivity index (χ0) is 14.7. The van der Waals surface area contributed by atoms with Crippen LogP contribution in [0.4, 0.5) is 17.1 Å². The Balaban J connectivity index is 2.42. The van der Waals surface area contributed by atoms with E-state index in [1.165, 1.54) is 0 Å². The topological polar surface area (TPSA) is 91.8 Å². The molecule has 1 aromatic carbocycles. The van der Waals surface area contributed by atoms with Crippen molar-refractivity contribution in [3.05, 3.63) is 57.4 Å². The van der Waals surface area contributed by atoms with Gasteiger partial charge < -0.3 is 5.32 Å². The van der Waals surface area contributed by atoms with Crippen LogP contribution < -0.4 is 5.32 Å². The largest absolute Gasteiger partial charge is 0.350 e. The fraction of sp³-hybridized carbons (Fsp3) is 0.143. The van der Waals surface area contributed by atoms with Gasteiger partial charge in [-0.2, -0.15) is 5.26 Å². The molecule has 1 heterocycles. The molecule has 1 aromatic heterocycles. The molecule has 0 aliphatic rings. The van der Waals surface area contributed by atoms with Crippen molar-refractivity contribution in [2.75, 3.05) is 5.32 Å². The second-order valence-corrected chi connectivity index (χ2v) is 4.32. The number of pyridine rings is 1. The number of nitro groups is 1. The average Bonchev–Trinajstić information content (AvgIpc) is 2.38. The summed E-state index contributed by atoms with van der Waals surface area (Å²) < 4.78 is 0. The van der Waals surface area contributed by atoms with Gasteiger partial charge >= 0.3 is 5.69 Å². The molecule has 0 amide bonds. The van der Waals surface area contributed by atoms with E-state index in [9.17, 15) is 10.1 Å². The van der Waals surface area contributed by atoms with Crippen LogP contribution in [0.5, 0.6) is 0 Å². The molecule has 6 nitrogen and oxygen atoms in total. The summed E-state index contributed by atoms with van der Waals surface area (Å²) in [4.78, 5) is 14.8. The molecule has 0 saturated carbocycles. The van der Waals surface area contributed by atoms with Gasteiger partial charge in [0.15, 0.2) is 0 Å². The highest BCUT2D eigenvalue weighted by Crippen LogP contribution is 2.30. The van der Waals surface area contributed by atoms with Gasteiger partial charge in [-0.1, -0.05) is 0 Å². The monoisotopic (exact) mass is 268 g/mol. The van der Waals surface area contributed by atoms with Crippen LogP contribution in [-0.2, 0) is 0 Å². The van der Waals surface area contributed by atoms with E-state index in [-0.39, 0.29) is 5.69 Å². The van der Waals surface area contributed by atoms with E-state index < -0.39 is 4.92 Å². The molecule has 0 unspecified atom stereocenters. The number of rotatable bonds is 3. The zero-order valence-corrected chi connectivity index (χ0v) is 11.0. The maximum absolute atomic E-state index is 11.1. The molecule has 2 aromatic rings. The molecule has 0 fully saturated rings. The van der Waals surface area contributed by atoms with Crippen molar-refractivity contribution < 1.29 is 4.92 Å². The molecule has 0 spiro atoms. The van der Waals surface area contributed by atoms with Crippen LogP contribution in [0.25, 0.3) is 0 Å². The van der Waals surface area contributed by atoms with Crippen LogP contribution in [0, 0.1) is 35.3 Å². The number of anilines is 2. The smallest absolute Gasteiger partial charge is 0.313 e. The Morgan fingerprint density at radius 2 is 1.95 bits per heavy atom. The van der Waals surface area contributed by atoms with Gasteiger partial charge in [0.05, 0.1) is 16.6 Å². The summed E-state index contributed by atoms with van der Waals surface area (Å²) >= 11 is 0. The Labute approximate surface area is 115 Å². The first kappa shape index (κ1) is 13.5. The number of nitriles is 1. The van der Waals surface area contributed by atoms with Crippen molar-refractivity contribution in [3.8, 4) is 6.07 Å². The van der Waals surface area contributed by atoms with Gasteiger partial charge in [-0.05, 0) is 44.2 Å². The molecule has 0 atom stereocenters. The van der Waals surface area contributed by atoms with Crippen molar-refractivity contribution >= 4 is 17.1 Å². The fourth-order valence-electron chi connectivity index (χ4n) is 1.93. The fourth-order valence-corrected chi connectivity index (χ4v) is 1.93. The number of hydrogen-bond donors (Lipinski definition) is 1. The van der Waals surface area contributed by atoms with Crippen LogP contribution in [0.15, 0.2) is 30.3 Å². The molecule has 0 bridgehead atoms. The Kier molecular flexibility index (Phi) is 3.62. The lowest BCUT2D eigenvalue weighted by molar-refractivity contribution is -0.384. The van der Waals surface area contributed by atoms with Crippen molar-refractivity contribution in [1.29, 1.82) is 5.26 Å². The highest BCUT2D eigenvalue weighted by Gasteiger charge is 2.19. The molecule has 6 heteroatoms. The van der Waals surface area contributed by atoms with Gasteiger partial charge in [-0.3, -0.25) is 15.1 Å². The molecule has 2 rings (SSSR count). The molecule has 0 radical (unpaired) electrons. The Morgan fingerprint density at radius 1 is 1.30 bits per heavy atom. The first-order chi connectivity index (χ1) is 9.51. The number of nitrogens with zero attached hydrogens (tertiary/aromatic N) is 3. The van der Waals surface area contributed by atoms with Crippen molar-refractivity contribution in [3.63, 3.8) is 0 Å². The third kappa shape index (κ3) is 2.72. The van der Waals surface area contributed by atoms with Gasteiger partial charge in [-0.15, -0.1) is 0 Å². The van der Waals surface area contributed by atoms with Crippen LogP contribution in [0.3, 0.4) is 0 Å². The maximum Gasteiger partial charge on any atom is 0.313 e. The Bertz CT molecular complexity index is 702.